The Hall–Kier alpha value is -3.25. The fraction of sp³-hybridized carbons (Fsp3) is 0.320. The van der Waals surface area contributed by atoms with E-state index in [0.29, 0.717) is 5.82 Å². The Morgan fingerprint density at radius 3 is 2.29 bits per heavy atom. The minimum absolute atomic E-state index is 0.121. The van der Waals surface area contributed by atoms with E-state index in [1.54, 1.807) is 12.3 Å². The Morgan fingerprint density at radius 2 is 1.65 bits per heavy atom. The van der Waals surface area contributed by atoms with Crippen LogP contribution in [0.25, 0.3) is 22.3 Å². The molecule has 5 rings (SSSR count). The maximum atomic E-state index is 13.0. The molecule has 0 atom stereocenters. The van der Waals surface area contributed by atoms with Crippen molar-refractivity contribution in [2.45, 2.75) is 25.8 Å². The Labute approximate surface area is 182 Å². The standard InChI is InChI=1S/C25H27N5O/c1-17-24(20-6-9-23(26)28-16-20)22(10-11-27-17)18-2-4-19(5-3-18)25(31)30-14-12-29(13-15-30)21-7-8-21/h2-6,9-11,16,21H,7-8,12-15H2,1H3,(H2,26,28). The number of amides is 1. The van der Waals surface area contributed by atoms with Gasteiger partial charge < -0.3 is 10.6 Å². The number of anilines is 1. The first-order valence-electron chi connectivity index (χ1n) is 10.9. The molecule has 1 saturated carbocycles. The monoisotopic (exact) mass is 413 g/mol. The minimum atomic E-state index is 0.121. The molecule has 6 nitrogen and oxygen atoms in total. The average molecular weight is 414 g/mol. The number of aromatic nitrogens is 2. The molecule has 158 valence electrons. The normalized spacial score (nSPS) is 17.0. The predicted molar refractivity (Wildman–Crippen MR) is 123 cm³/mol. The highest BCUT2D eigenvalue weighted by Crippen LogP contribution is 2.34. The third-order valence-electron chi connectivity index (χ3n) is 6.32. The molecule has 0 bridgehead atoms. The van der Waals surface area contributed by atoms with Crippen LogP contribution in [0.3, 0.4) is 0 Å². The van der Waals surface area contributed by atoms with Gasteiger partial charge in [-0.25, -0.2) is 4.98 Å². The Morgan fingerprint density at radius 1 is 0.935 bits per heavy atom. The quantitative estimate of drug-likeness (QED) is 0.707. The molecule has 2 aliphatic rings. The molecule has 3 aromatic rings. The summed E-state index contributed by atoms with van der Waals surface area (Å²) in [5.74, 6) is 0.614. The lowest BCUT2D eigenvalue weighted by atomic mass is 9.94. The first kappa shape index (κ1) is 19.7. The van der Waals surface area contributed by atoms with E-state index in [2.05, 4.69) is 14.9 Å². The second-order valence-electron chi connectivity index (χ2n) is 8.43. The molecule has 2 fully saturated rings. The van der Waals surface area contributed by atoms with E-state index in [-0.39, 0.29) is 5.91 Å². The third-order valence-corrected chi connectivity index (χ3v) is 6.32. The van der Waals surface area contributed by atoms with Crippen LogP contribution in [0, 0.1) is 6.92 Å². The van der Waals surface area contributed by atoms with Crippen LogP contribution in [-0.4, -0.2) is 57.9 Å². The number of hydrogen-bond acceptors (Lipinski definition) is 5. The summed E-state index contributed by atoms with van der Waals surface area (Å²) in [7, 11) is 0. The van der Waals surface area contributed by atoms with E-state index in [4.69, 9.17) is 5.73 Å². The number of benzene rings is 1. The summed E-state index contributed by atoms with van der Waals surface area (Å²) in [6, 6.07) is 14.5. The number of pyridine rings is 2. The number of nitrogens with two attached hydrogens (primary N) is 1. The number of nitrogen functional groups attached to an aromatic ring is 1. The molecule has 1 amide bonds. The fourth-order valence-electron chi connectivity index (χ4n) is 4.43. The van der Waals surface area contributed by atoms with Crippen LogP contribution in [0.4, 0.5) is 5.82 Å². The summed E-state index contributed by atoms with van der Waals surface area (Å²) >= 11 is 0. The van der Waals surface area contributed by atoms with Gasteiger partial charge in [-0.15, -0.1) is 0 Å². The summed E-state index contributed by atoms with van der Waals surface area (Å²) in [6.45, 7) is 5.60. The lowest BCUT2D eigenvalue weighted by molar-refractivity contribution is 0.0627. The van der Waals surface area contributed by atoms with Gasteiger partial charge in [-0.3, -0.25) is 14.7 Å². The summed E-state index contributed by atoms with van der Waals surface area (Å²) < 4.78 is 0. The molecular formula is C25H27N5O. The Balaban J connectivity index is 1.37. The topological polar surface area (TPSA) is 75.4 Å². The van der Waals surface area contributed by atoms with Crippen molar-refractivity contribution in [1.29, 1.82) is 0 Å². The third kappa shape index (κ3) is 4.03. The van der Waals surface area contributed by atoms with Crippen molar-refractivity contribution in [3.8, 4) is 22.3 Å². The van der Waals surface area contributed by atoms with Crippen molar-refractivity contribution < 1.29 is 4.79 Å². The number of aryl methyl sites for hydroxylation is 1. The molecule has 31 heavy (non-hydrogen) atoms. The SMILES string of the molecule is Cc1nccc(-c2ccc(C(=O)N3CCN(C4CC4)CC3)cc2)c1-c1ccc(N)nc1. The van der Waals surface area contributed by atoms with Gasteiger partial charge in [0.05, 0.1) is 0 Å². The van der Waals surface area contributed by atoms with Crippen LogP contribution in [-0.2, 0) is 0 Å². The molecule has 1 aromatic carbocycles. The van der Waals surface area contributed by atoms with Crippen LogP contribution in [0.15, 0.2) is 54.9 Å². The van der Waals surface area contributed by atoms with Crippen molar-refractivity contribution in [3.63, 3.8) is 0 Å². The number of hydrogen-bond donors (Lipinski definition) is 1. The van der Waals surface area contributed by atoms with E-state index in [1.807, 2.05) is 54.4 Å². The van der Waals surface area contributed by atoms with Crippen LogP contribution in [0.5, 0.6) is 0 Å². The van der Waals surface area contributed by atoms with Gasteiger partial charge in [0.2, 0.25) is 0 Å². The van der Waals surface area contributed by atoms with Gasteiger partial charge in [0, 0.05) is 67.0 Å². The zero-order valence-electron chi connectivity index (χ0n) is 17.8. The number of carbonyl (C=O) groups excluding carboxylic acids is 1. The maximum Gasteiger partial charge on any atom is 0.253 e. The Kier molecular flexibility index (Phi) is 5.16. The molecule has 0 unspecified atom stereocenters. The van der Waals surface area contributed by atoms with Crippen molar-refractivity contribution in [1.82, 2.24) is 19.8 Å². The number of rotatable bonds is 4. The summed E-state index contributed by atoms with van der Waals surface area (Å²) in [5, 5.41) is 0. The molecule has 0 spiro atoms. The lowest BCUT2D eigenvalue weighted by Crippen LogP contribution is -2.49. The smallest absolute Gasteiger partial charge is 0.253 e. The Bertz CT molecular complexity index is 1080. The van der Waals surface area contributed by atoms with Gasteiger partial charge in [-0.2, -0.15) is 0 Å². The summed E-state index contributed by atoms with van der Waals surface area (Å²) in [4.78, 5) is 26.2. The molecule has 3 heterocycles. The van der Waals surface area contributed by atoms with Crippen LogP contribution >= 0.6 is 0 Å². The molecular weight excluding hydrogens is 386 g/mol. The van der Waals surface area contributed by atoms with Gasteiger partial charge in [0.25, 0.3) is 5.91 Å². The lowest BCUT2D eigenvalue weighted by Gasteiger charge is -2.34. The van der Waals surface area contributed by atoms with Gasteiger partial charge in [0.1, 0.15) is 5.82 Å². The molecule has 1 saturated heterocycles. The van der Waals surface area contributed by atoms with Gasteiger partial charge in [-0.1, -0.05) is 12.1 Å². The average Bonchev–Trinajstić information content (AvgIpc) is 3.65. The van der Waals surface area contributed by atoms with Crippen LogP contribution in [0.2, 0.25) is 0 Å². The van der Waals surface area contributed by atoms with Crippen molar-refractivity contribution in [2.24, 2.45) is 0 Å². The highest BCUT2D eigenvalue weighted by Gasteiger charge is 2.32. The zero-order chi connectivity index (χ0) is 21.4. The number of nitrogens with zero attached hydrogens (tertiary/aromatic N) is 4. The van der Waals surface area contributed by atoms with Crippen LogP contribution in [0.1, 0.15) is 28.9 Å². The predicted octanol–water partition coefficient (Wildman–Crippen LogP) is 3.62. The molecule has 2 N–H and O–H groups in total. The van der Waals surface area contributed by atoms with Crippen LogP contribution < -0.4 is 5.73 Å². The zero-order valence-corrected chi connectivity index (χ0v) is 17.8. The van der Waals surface area contributed by atoms with E-state index < -0.39 is 0 Å². The van der Waals surface area contributed by atoms with Gasteiger partial charge in [0.15, 0.2) is 0 Å². The molecule has 1 aliphatic heterocycles. The molecule has 2 aromatic heterocycles. The van der Waals surface area contributed by atoms with Gasteiger partial charge >= 0.3 is 0 Å². The van der Waals surface area contributed by atoms with Gasteiger partial charge in [-0.05, 0) is 61.2 Å². The molecule has 1 aliphatic carbocycles. The van der Waals surface area contributed by atoms with Crippen molar-refractivity contribution in [2.75, 3.05) is 31.9 Å². The fourth-order valence-corrected chi connectivity index (χ4v) is 4.43. The highest BCUT2D eigenvalue weighted by atomic mass is 16.2. The molecule has 6 heteroatoms. The maximum absolute atomic E-state index is 13.0. The summed E-state index contributed by atoms with van der Waals surface area (Å²) in [5.41, 5.74) is 11.6. The van der Waals surface area contributed by atoms with E-state index in [1.165, 1.54) is 12.8 Å². The molecule has 0 radical (unpaired) electrons. The number of piperazine rings is 1. The highest BCUT2D eigenvalue weighted by molar-refractivity contribution is 5.95. The van der Waals surface area contributed by atoms with E-state index in [0.717, 1.165) is 65.7 Å². The van der Waals surface area contributed by atoms with Crippen molar-refractivity contribution in [3.05, 3.63) is 66.1 Å². The van der Waals surface area contributed by atoms with E-state index >= 15 is 0 Å². The largest absolute Gasteiger partial charge is 0.384 e. The first-order valence-corrected chi connectivity index (χ1v) is 10.9. The minimum Gasteiger partial charge on any atom is -0.384 e. The second-order valence-corrected chi connectivity index (χ2v) is 8.43. The van der Waals surface area contributed by atoms with Crippen molar-refractivity contribution >= 4 is 11.7 Å². The first-order chi connectivity index (χ1) is 15.1. The second kappa shape index (κ2) is 8.12. The summed E-state index contributed by atoms with van der Waals surface area (Å²) in [6.07, 6.45) is 6.23. The number of carbonyl (C=O) groups is 1. The van der Waals surface area contributed by atoms with E-state index in [9.17, 15) is 4.79 Å².